The number of benzene rings is 1. The lowest BCUT2D eigenvalue weighted by atomic mass is 10.1. The second kappa shape index (κ2) is 7.25. The Morgan fingerprint density at radius 1 is 1.32 bits per heavy atom. The van der Waals surface area contributed by atoms with Gasteiger partial charge in [0.1, 0.15) is 11.9 Å². The van der Waals surface area contributed by atoms with Crippen LogP contribution in [0.1, 0.15) is 29.0 Å². The topological polar surface area (TPSA) is 98.5 Å². The Balaban J connectivity index is 1.59. The van der Waals surface area contributed by atoms with Gasteiger partial charge in [0, 0.05) is 55.9 Å². The molecule has 2 heterocycles. The minimum atomic E-state index is -0.499. The van der Waals surface area contributed by atoms with Gasteiger partial charge in [-0.3, -0.25) is 14.9 Å². The molecular formula is C17H18N4O4. The lowest BCUT2D eigenvalue weighted by molar-refractivity contribution is -0.384. The quantitative estimate of drug-likeness (QED) is 0.625. The number of rotatable bonds is 4. The van der Waals surface area contributed by atoms with Gasteiger partial charge in [-0.1, -0.05) is 6.07 Å². The van der Waals surface area contributed by atoms with Crippen molar-refractivity contribution in [2.75, 3.05) is 13.1 Å². The Morgan fingerprint density at radius 2 is 2.08 bits per heavy atom. The van der Waals surface area contributed by atoms with Crippen LogP contribution in [0, 0.1) is 17.0 Å². The number of likely N-dealkylation sites (tertiary alicyclic amines) is 1. The minimum absolute atomic E-state index is 0.0107. The average molecular weight is 342 g/mol. The first-order valence-electron chi connectivity index (χ1n) is 8.03. The fraction of sp³-hybridized carbons (Fsp3) is 0.353. The van der Waals surface area contributed by atoms with Gasteiger partial charge in [-0.15, -0.1) is 0 Å². The van der Waals surface area contributed by atoms with Gasteiger partial charge in [-0.2, -0.15) is 4.98 Å². The molecule has 1 aliphatic rings. The van der Waals surface area contributed by atoms with Crippen LogP contribution in [0.15, 0.2) is 36.5 Å². The number of nitro groups is 1. The van der Waals surface area contributed by atoms with Crippen LogP contribution in [0.2, 0.25) is 0 Å². The molecule has 0 N–H and O–H groups in total. The number of nitrogens with zero attached hydrogens (tertiary/aromatic N) is 4. The predicted octanol–water partition coefficient (Wildman–Crippen LogP) is 2.38. The molecule has 0 spiro atoms. The molecule has 1 fully saturated rings. The third-order valence-electron chi connectivity index (χ3n) is 4.07. The van der Waals surface area contributed by atoms with Crippen LogP contribution in [-0.2, 0) is 0 Å². The van der Waals surface area contributed by atoms with Gasteiger partial charge in [0.15, 0.2) is 0 Å². The number of carbonyl (C=O) groups excluding carboxylic acids is 1. The Hall–Kier alpha value is -3.03. The third-order valence-corrected chi connectivity index (χ3v) is 4.07. The summed E-state index contributed by atoms with van der Waals surface area (Å²) in [6.07, 6.45) is 3.01. The van der Waals surface area contributed by atoms with E-state index in [9.17, 15) is 14.9 Å². The summed E-state index contributed by atoms with van der Waals surface area (Å²) in [6, 6.07) is 7.53. The molecule has 0 radical (unpaired) electrons. The zero-order chi connectivity index (χ0) is 17.8. The molecule has 1 saturated heterocycles. The number of aromatic nitrogens is 2. The molecule has 0 unspecified atom stereocenters. The third kappa shape index (κ3) is 4.09. The molecule has 1 aromatic carbocycles. The first kappa shape index (κ1) is 16.8. The molecule has 130 valence electrons. The highest BCUT2D eigenvalue weighted by molar-refractivity contribution is 5.94. The van der Waals surface area contributed by atoms with Crippen molar-refractivity contribution in [3.63, 3.8) is 0 Å². The van der Waals surface area contributed by atoms with Crippen molar-refractivity contribution in [1.82, 2.24) is 14.9 Å². The Labute approximate surface area is 144 Å². The molecule has 8 nitrogen and oxygen atoms in total. The van der Waals surface area contributed by atoms with Crippen LogP contribution >= 0.6 is 0 Å². The van der Waals surface area contributed by atoms with Gasteiger partial charge in [0.05, 0.1) is 4.92 Å². The first-order chi connectivity index (χ1) is 12.0. The molecular weight excluding hydrogens is 324 g/mol. The predicted molar refractivity (Wildman–Crippen MR) is 89.4 cm³/mol. The SMILES string of the molecule is Cc1nccc(OC2CCN(C(=O)c3cccc([N+](=O)[O-])c3)CC2)n1. The van der Waals surface area contributed by atoms with Gasteiger partial charge in [0.2, 0.25) is 5.88 Å². The van der Waals surface area contributed by atoms with E-state index in [4.69, 9.17) is 4.74 Å². The number of hydrogen-bond acceptors (Lipinski definition) is 6. The molecule has 2 aromatic rings. The van der Waals surface area contributed by atoms with Crippen LogP contribution in [0.3, 0.4) is 0 Å². The molecule has 0 aliphatic carbocycles. The van der Waals surface area contributed by atoms with E-state index in [1.165, 1.54) is 18.2 Å². The summed E-state index contributed by atoms with van der Waals surface area (Å²) in [7, 11) is 0. The van der Waals surface area contributed by atoms with Gasteiger partial charge < -0.3 is 9.64 Å². The zero-order valence-corrected chi connectivity index (χ0v) is 13.8. The van der Waals surface area contributed by atoms with Crippen LogP contribution in [0.5, 0.6) is 5.88 Å². The molecule has 3 rings (SSSR count). The average Bonchev–Trinajstić information content (AvgIpc) is 2.62. The molecule has 25 heavy (non-hydrogen) atoms. The monoisotopic (exact) mass is 342 g/mol. The summed E-state index contributed by atoms with van der Waals surface area (Å²) in [5.41, 5.74) is 0.253. The highest BCUT2D eigenvalue weighted by atomic mass is 16.6. The summed E-state index contributed by atoms with van der Waals surface area (Å²) in [5.74, 6) is 0.992. The smallest absolute Gasteiger partial charge is 0.270 e. The Kier molecular flexibility index (Phi) is 4.87. The van der Waals surface area contributed by atoms with Crippen molar-refractivity contribution in [3.05, 3.63) is 58.0 Å². The van der Waals surface area contributed by atoms with Gasteiger partial charge in [0.25, 0.3) is 11.6 Å². The first-order valence-corrected chi connectivity index (χ1v) is 8.03. The maximum absolute atomic E-state index is 12.5. The molecule has 0 saturated carbocycles. The van der Waals surface area contributed by atoms with Gasteiger partial charge in [-0.05, 0) is 13.0 Å². The normalized spacial score (nSPS) is 15.0. The zero-order valence-electron chi connectivity index (χ0n) is 13.8. The van der Waals surface area contributed by atoms with E-state index in [0.717, 1.165) is 0 Å². The fourth-order valence-corrected chi connectivity index (χ4v) is 2.78. The van der Waals surface area contributed by atoms with Crippen LogP contribution in [-0.4, -0.2) is 44.9 Å². The molecule has 1 aromatic heterocycles. The Morgan fingerprint density at radius 3 is 2.76 bits per heavy atom. The highest BCUT2D eigenvalue weighted by Gasteiger charge is 2.25. The second-order valence-electron chi connectivity index (χ2n) is 5.86. The van der Waals surface area contributed by atoms with E-state index in [1.54, 1.807) is 30.2 Å². The molecule has 0 bridgehead atoms. The van der Waals surface area contributed by atoms with Crippen LogP contribution in [0.4, 0.5) is 5.69 Å². The number of ether oxygens (including phenoxy) is 1. The molecule has 8 heteroatoms. The lowest BCUT2D eigenvalue weighted by Gasteiger charge is -2.32. The lowest BCUT2D eigenvalue weighted by Crippen LogP contribution is -2.41. The summed E-state index contributed by atoms with van der Waals surface area (Å²) in [5, 5.41) is 10.8. The van der Waals surface area contributed by atoms with E-state index < -0.39 is 4.92 Å². The maximum atomic E-state index is 12.5. The second-order valence-corrected chi connectivity index (χ2v) is 5.86. The minimum Gasteiger partial charge on any atom is -0.474 e. The summed E-state index contributed by atoms with van der Waals surface area (Å²) < 4.78 is 5.84. The summed E-state index contributed by atoms with van der Waals surface area (Å²) in [4.78, 5) is 32.8. The number of non-ortho nitro benzene ring substituents is 1. The van der Waals surface area contributed by atoms with Crippen molar-refractivity contribution >= 4 is 11.6 Å². The number of carbonyl (C=O) groups is 1. The van der Waals surface area contributed by atoms with Crippen LogP contribution in [0.25, 0.3) is 0 Å². The van der Waals surface area contributed by atoms with E-state index in [-0.39, 0.29) is 17.7 Å². The van der Waals surface area contributed by atoms with E-state index in [0.29, 0.717) is 43.2 Å². The van der Waals surface area contributed by atoms with Gasteiger partial charge in [-0.25, -0.2) is 4.98 Å². The molecule has 0 atom stereocenters. The highest BCUT2D eigenvalue weighted by Crippen LogP contribution is 2.20. The van der Waals surface area contributed by atoms with Crippen molar-refractivity contribution in [2.24, 2.45) is 0 Å². The summed E-state index contributed by atoms with van der Waals surface area (Å²) in [6.45, 7) is 2.87. The van der Waals surface area contributed by atoms with E-state index in [1.807, 2.05) is 0 Å². The van der Waals surface area contributed by atoms with Crippen molar-refractivity contribution in [1.29, 1.82) is 0 Å². The van der Waals surface area contributed by atoms with Crippen molar-refractivity contribution in [2.45, 2.75) is 25.9 Å². The maximum Gasteiger partial charge on any atom is 0.270 e. The van der Waals surface area contributed by atoms with E-state index >= 15 is 0 Å². The number of aryl methyl sites for hydroxylation is 1. The summed E-state index contributed by atoms with van der Waals surface area (Å²) >= 11 is 0. The van der Waals surface area contributed by atoms with E-state index in [2.05, 4.69) is 9.97 Å². The largest absolute Gasteiger partial charge is 0.474 e. The number of nitro benzene ring substituents is 1. The van der Waals surface area contributed by atoms with Crippen LogP contribution < -0.4 is 4.74 Å². The van der Waals surface area contributed by atoms with Gasteiger partial charge >= 0.3 is 0 Å². The Bertz CT molecular complexity index is 788. The molecule has 1 amide bonds. The van der Waals surface area contributed by atoms with Crippen molar-refractivity contribution in [3.8, 4) is 5.88 Å². The fourth-order valence-electron chi connectivity index (χ4n) is 2.78. The van der Waals surface area contributed by atoms with Crippen molar-refractivity contribution < 1.29 is 14.5 Å². The molecule has 1 aliphatic heterocycles. The number of hydrogen-bond donors (Lipinski definition) is 0. The standard InChI is InChI=1S/C17H18N4O4/c1-12-18-8-5-16(19-12)25-15-6-9-20(10-7-15)17(22)13-3-2-4-14(11-13)21(23)24/h2-5,8,11,15H,6-7,9-10H2,1H3. The number of amides is 1. The number of piperidine rings is 1.